The van der Waals surface area contributed by atoms with Crippen LogP contribution in [0.25, 0.3) is 11.2 Å². The van der Waals surface area contributed by atoms with Gasteiger partial charge in [-0.2, -0.15) is 10.1 Å². The van der Waals surface area contributed by atoms with Crippen molar-refractivity contribution >= 4 is 17.0 Å². The molecule has 0 saturated carbocycles. The lowest BCUT2D eigenvalue weighted by Gasteiger charge is -2.18. The first-order valence-electron chi connectivity index (χ1n) is 8.04. The number of hydrogen-bond acceptors (Lipinski definition) is 6. The molecule has 23 heavy (non-hydrogen) atoms. The van der Waals surface area contributed by atoms with Gasteiger partial charge in [-0.05, 0) is 26.3 Å². The van der Waals surface area contributed by atoms with Crippen molar-refractivity contribution in [3.05, 3.63) is 29.7 Å². The number of rotatable bonds is 3. The Balaban J connectivity index is 1.65. The lowest BCUT2D eigenvalue weighted by atomic mass is 10.2. The van der Waals surface area contributed by atoms with Crippen molar-refractivity contribution in [3.8, 4) is 0 Å². The highest BCUT2D eigenvalue weighted by Gasteiger charge is 2.28. The first kappa shape index (κ1) is 14.2. The van der Waals surface area contributed by atoms with E-state index in [1.165, 1.54) is 5.69 Å². The van der Waals surface area contributed by atoms with Gasteiger partial charge in [-0.25, -0.2) is 9.97 Å². The Hall–Kier alpha value is -2.44. The molecule has 7 nitrogen and oxygen atoms in total. The van der Waals surface area contributed by atoms with Gasteiger partial charge in [0, 0.05) is 25.2 Å². The van der Waals surface area contributed by atoms with Crippen molar-refractivity contribution in [1.29, 1.82) is 0 Å². The van der Waals surface area contributed by atoms with Gasteiger partial charge in [0.2, 0.25) is 0 Å². The van der Waals surface area contributed by atoms with Crippen LogP contribution >= 0.6 is 0 Å². The largest absolute Gasteiger partial charge is 0.422 e. The van der Waals surface area contributed by atoms with Gasteiger partial charge in [0.25, 0.3) is 5.71 Å². The second kappa shape index (κ2) is 5.33. The van der Waals surface area contributed by atoms with Crippen LogP contribution in [0.1, 0.15) is 36.7 Å². The molecule has 1 atom stereocenters. The molecule has 3 aromatic rings. The minimum Gasteiger partial charge on any atom is -0.422 e. The molecule has 0 amide bonds. The SMILES string of the molecule is CCc1nc2c(N3CC[C@@H](n4nc(C)cc4C)C3)ncnc2o1. The van der Waals surface area contributed by atoms with E-state index >= 15 is 0 Å². The zero-order valence-electron chi connectivity index (χ0n) is 13.7. The highest BCUT2D eigenvalue weighted by atomic mass is 16.4. The Bertz CT molecular complexity index is 851. The maximum atomic E-state index is 5.64. The first-order chi connectivity index (χ1) is 11.2. The van der Waals surface area contributed by atoms with E-state index in [1.807, 2.05) is 13.8 Å². The smallest absolute Gasteiger partial charge is 0.252 e. The fourth-order valence-corrected chi connectivity index (χ4v) is 3.32. The summed E-state index contributed by atoms with van der Waals surface area (Å²) in [6.45, 7) is 7.97. The molecule has 120 valence electrons. The number of aryl methyl sites for hydroxylation is 3. The molecule has 1 saturated heterocycles. The average Bonchev–Trinajstić information content (AvgIpc) is 3.24. The van der Waals surface area contributed by atoms with Gasteiger partial charge in [-0.1, -0.05) is 6.92 Å². The molecule has 0 aromatic carbocycles. The van der Waals surface area contributed by atoms with E-state index in [-0.39, 0.29) is 0 Å². The maximum Gasteiger partial charge on any atom is 0.252 e. The summed E-state index contributed by atoms with van der Waals surface area (Å²) in [6, 6.07) is 2.49. The predicted molar refractivity (Wildman–Crippen MR) is 86.5 cm³/mol. The number of oxazole rings is 1. The third kappa shape index (κ3) is 2.36. The summed E-state index contributed by atoms with van der Waals surface area (Å²) in [5.41, 5.74) is 3.60. The van der Waals surface area contributed by atoms with Gasteiger partial charge in [-0.3, -0.25) is 4.68 Å². The molecule has 3 aromatic heterocycles. The van der Waals surface area contributed by atoms with Crippen LogP contribution in [0, 0.1) is 13.8 Å². The van der Waals surface area contributed by atoms with Crippen molar-refractivity contribution in [2.24, 2.45) is 0 Å². The van der Waals surface area contributed by atoms with Gasteiger partial charge in [0.05, 0.1) is 11.7 Å². The quantitative estimate of drug-likeness (QED) is 0.739. The molecule has 7 heteroatoms. The monoisotopic (exact) mass is 312 g/mol. The zero-order valence-corrected chi connectivity index (χ0v) is 13.7. The fraction of sp³-hybridized carbons (Fsp3) is 0.500. The Morgan fingerprint density at radius 1 is 1.30 bits per heavy atom. The predicted octanol–water partition coefficient (Wildman–Crippen LogP) is 2.44. The number of aromatic nitrogens is 5. The minimum absolute atomic E-state index is 0.367. The lowest BCUT2D eigenvalue weighted by Crippen LogP contribution is -2.23. The molecule has 4 heterocycles. The van der Waals surface area contributed by atoms with Gasteiger partial charge in [0.15, 0.2) is 17.2 Å². The topological polar surface area (TPSA) is 72.9 Å². The second-order valence-corrected chi connectivity index (χ2v) is 6.07. The Morgan fingerprint density at radius 2 is 2.17 bits per heavy atom. The standard InChI is InChI=1S/C16H20N6O/c1-4-13-19-14-15(17-9-18-16(14)23-13)21-6-5-12(8-21)22-11(3)7-10(2)20-22/h7,9,12H,4-6,8H2,1-3H3/t12-/m1/s1. The van der Waals surface area contributed by atoms with E-state index in [1.54, 1.807) is 6.33 Å². The molecule has 0 radical (unpaired) electrons. The highest BCUT2D eigenvalue weighted by Crippen LogP contribution is 2.30. The number of nitrogens with zero attached hydrogens (tertiary/aromatic N) is 6. The van der Waals surface area contributed by atoms with Crippen molar-refractivity contribution in [3.63, 3.8) is 0 Å². The van der Waals surface area contributed by atoms with Gasteiger partial charge in [0.1, 0.15) is 6.33 Å². The zero-order chi connectivity index (χ0) is 16.0. The third-order valence-electron chi connectivity index (χ3n) is 4.38. The van der Waals surface area contributed by atoms with Crippen LogP contribution in [0.3, 0.4) is 0 Å². The summed E-state index contributed by atoms with van der Waals surface area (Å²) < 4.78 is 7.78. The average molecular weight is 312 g/mol. The molecular weight excluding hydrogens is 292 g/mol. The number of anilines is 1. The first-order valence-corrected chi connectivity index (χ1v) is 8.04. The van der Waals surface area contributed by atoms with E-state index in [9.17, 15) is 0 Å². The van der Waals surface area contributed by atoms with Crippen molar-refractivity contribution in [2.45, 2.75) is 39.7 Å². The van der Waals surface area contributed by atoms with Crippen LogP contribution in [-0.2, 0) is 6.42 Å². The molecule has 0 spiro atoms. The van der Waals surface area contributed by atoms with E-state index in [4.69, 9.17) is 4.42 Å². The van der Waals surface area contributed by atoms with E-state index < -0.39 is 0 Å². The number of fused-ring (bicyclic) bond motifs is 1. The van der Waals surface area contributed by atoms with E-state index in [0.29, 0.717) is 17.6 Å². The van der Waals surface area contributed by atoms with Crippen molar-refractivity contribution < 1.29 is 4.42 Å². The lowest BCUT2D eigenvalue weighted by molar-refractivity contribution is 0.481. The summed E-state index contributed by atoms with van der Waals surface area (Å²) >= 11 is 0. The van der Waals surface area contributed by atoms with Crippen molar-refractivity contribution in [2.75, 3.05) is 18.0 Å². The van der Waals surface area contributed by atoms with E-state index in [0.717, 1.165) is 43.0 Å². The van der Waals surface area contributed by atoms with Crippen LogP contribution in [0.2, 0.25) is 0 Å². The number of hydrogen-bond donors (Lipinski definition) is 0. The Kier molecular flexibility index (Phi) is 3.28. The van der Waals surface area contributed by atoms with Gasteiger partial charge in [-0.15, -0.1) is 0 Å². The molecule has 0 bridgehead atoms. The maximum absolute atomic E-state index is 5.64. The van der Waals surface area contributed by atoms with E-state index in [2.05, 4.69) is 42.6 Å². The van der Waals surface area contributed by atoms with Crippen LogP contribution in [0.15, 0.2) is 16.8 Å². The molecule has 4 rings (SSSR count). The summed E-state index contributed by atoms with van der Waals surface area (Å²) in [4.78, 5) is 15.4. The van der Waals surface area contributed by atoms with Crippen LogP contribution in [0.4, 0.5) is 5.82 Å². The third-order valence-corrected chi connectivity index (χ3v) is 4.38. The fourth-order valence-electron chi connectivity index (χ4n) is 3.32. The molecule has 0 unspecified atom stereocenters. The summed E-state index contributed by atoms with van der Waals surface area (Å²) in [5, 5.41) is 4.62. The highest BCUT2D eigenvalue weighted by molar-refractivity contribution is 5.81. The van der Waals surface area contributed by atoms with Gasteiger partial charge >= 0.3 is 0 Å². The summed E-state index contributed by atoms with van der Waals surface area (Å²) in [7, 11) is 0. The summed E-state index contributed by atoms with van der Waals surface area (Å²) in [5.74, 6) is 1.57. The normalized spacial score (nSPS) is 18.2. The molecular formula is C16H20N6O. The summed E-state index contributed by atoms with van der Waals surface area (Å²) in [6.07, 6.45) is 3.36. The Morgan fingerprint density at radius 3 is 2.91 bits per heavy atom. The van der Waals surface area contributed by atoms with Crippen LogP contribution in [0.5, 0.6) is 0 Å². The van der Waals surface area contributed by atoms with Crippen LogP contribution in [-0.4, -0.2) is 37.8 Å². The molecule has 1 aliphatic heterocycles. The van der Waals surface area contributed by atoms with Crippen LogP contribution < -0.4 is 4.90 Å². The molecule has 0 aliphatic carbocycles. The second-order valence-electron chi connectivity index (χ2n) is 6.07. The molecule has 1 fully saturated rings. The minimum atomic E-state index is 0.367. The van der Waals surface area contributed by atoms with Crippen molar-refractivity contribution in [1.82, 2.24) is 24.7 Å². The molecule has 0 N–H and O–H groups in total. The molecule has 1 aliphatic rings. The Labute approximate surface area is 134 Å². The van der Waals surface area contributed by atoms with Gasteiger partial charge < -0.3 is 9.32 Å².